The summed E-state index contributed by atoms with van der Waals surface area (Å²) in [6.07, 6.45) is 1.94. The lowest BCUT2D eigenvalue weighted by Crippen LogP contribution is -1.92. The van der Waals surface area contributed by atoms with E-state index in [2.05, 4.69) is 388 Å². The maximum atomic E-state index is 5.53. The highest BCUT2D eigenvalue weighted by Gasteiger charge is 2.24. The summed E-state index contributed by atoms with van der Waals surface area (Å²) in [6, 6.07) is 162. The topological polar surface area (TPSA) is 112 Å². The average molecular weight is 1750 g/mol. The van der Waals surface area contributed by atoms with Gasteiger partial charge < -0.3 is 39.4 Å². The first-order valence-electron chi connectivity index (χ1n) is 46.3. The Hall–Kier alpha value is -18.2. The van der Waals surface area contributed by atoms with Crippen molar-refractivity contribution in [2.24, 2.45) is 0 Å². The molecule has 0 aliphatic carbocycles. The molecule has 0 amide bonds. The molecule has 0 spiro atoms. The lowest BCUT2D eigenvalue weighted by Gasteiger charge is -2.19. The van der Waals surface area contributed by atoms with E-state index in [0.29, 0.717) is 17.5 Å². The number of para-hydroxylation sites is 4. The Morgan fingerprint density at radius 2 is 0.474 bits per heavy atom. The molecule has 27 aromatic rings. The molecule has 137 heavy (non-hydrogen) atoms. The smallest absolute Gasteiger partial charge is 0.122 e. The standard InChI is InChI=1S/C48H31N2O.C46H28N3.C34H23N2O/c1-51-44-16-8-15-43-47(44)50-48(49-43)33-21-17-32(18-22-33)36-25-26-41-42(29-36)46(38-24-20-31-10-3-5-12-35(31)28-38)40-14-7-6-13-39(40)45(41)37-23-19-30-9-2-4-11-34(30)27-37;1-3-11-31-25-34(19-17-29(31)9-1)44-37-13-5-6-14-38(37)45(35-20-18-30-10-2-4-12-32(30)26-35)40-27-33(21-23-39(40)44)36-22-24-43(47-28-36)46-48-41-15-7-8-16-42(41)49-46;1-37-30-17-9-16-29-33(30)36-34(35-29)24-20-18-23(19-21-24)32-27-14-7-5-12-25(27)31(22-10-3-2-4-11-22)26-13-6-8-15-28(26)32/h2-29H,1H3;1-28H;2-21H,1H3/q3*-1. The van der Waals surface area contributed by atoms with Crippen LogP contribution in [-0.4, -0.2) is 34.2 Å². The highest BCUT2D eigenvalue weighted by molar-refractivity contribution is 6.26. The highest BCUT2D eigenvalue weighted by atomic mass is 16.5. The predicted octanol–water partition coefficient (Wildman–Crippen LogP) is 32.9. The summed E-state index contributed by atoms with van der Waals surface area (Å²) in [5, 5.41) is 24.8. The summed E-state index contributed by atoms with van der Waals surface area (Å²) in [7, 11) is 3.33. The van der Waals surface area contributed by atoms with Gasteiger partial charge in [0.05, 0.1) is 19.9 Å². The third kappa shape index (κ3) is 14.6. The van der Waals surface area contributed by atoms with E-state index in [4.69, 9.17) is 44.4 Å². The van der Waals surface area contributed by atoms with Gasteiger partial charge in [-0.05, 0) is 285 Å². The van der Waals surface area contributed by atoms with E-state index in [1.807, 2.05) is 72.9 Å². The molecule has 0 N–H and O–H groups in total. The molecular weight excluding hydrogens is 1670 g/mol. The summed E-state index contributed by atoms with van der Waals surface area (Å²) in [5.74, 6) is 3.53. The molecule has 0 saturated carbocycles. The van der Waals surface area contributed by atoms with Crippen LogP contribution >= 0.6 is 0 Å². The number of aromatic nitrogens is 7. The quantitative estimate of drug-likeness (QED) is 0.104. The molecule has 9 nitrogen and oxygen atoms in total. The van der Waals surface area contributed by atoms with Gasteiger partial charge in [-0.1, -0.05) is 412 Å². The summed E-state index contributed by atoms with van der Waals surface area (Å²) < 4.78 is 11.0. The first-order valence-corrected chi connectivity index (χ1v) is 46.3. The van der Waals surface area contributed by atoms with Gasteiger partial charge in [-0.2, -0.15) is 0 Å². The number of methoxy groups -OCH3 is 2. The normalized spacial score (nSPS) is 11.6. The van der Waals surface area contributed by atoms with Crippen LogP contribution in [0.3, 0.4) is 0 Å². The van der Waals surface area contributed by atoms with Crippen LogP contribution in [0.5, 0.6) is 11.5 Å². The first-order chi connectivity index (χ1) is 67.8. The number of hydrogen-bond donors (Lipinski definition) is 0. The summed E-state index contributed by atoms with van der Waals surface area (Å²) in [5.41, 5.74) is 27.0. The largest absolute Gasteiger partial charge is 0.497 e. The van der Waals surface area contributed by atoms with Gasteiger partial charge in [-0.15, -0.1) is 0 Å². The number of pyridine rings is 1. The van der Waals surface area contributed by atoms with Gasteiger partial charge in [0.1, 0.15) is 11.5 Å². The van der Waals surface area contributed by atoms with E-state index in [1.54, 1.807) is 14.2 Å². The molecule has 23 aromatic carbocycles. The predicted molar refractivity (Wildman–Crippen MR) is 571 cm³/mol. The van der Waals surface area contributed by atoms with Crippen molar-refractivity contribution in [2.75, 3.05) is 14.2 Å². The molecule has 0 aliphatic heterocycles. The number of fused-ring (bicyclic) bond motifs is 13. The maximum Gasteiger partial charge on any atom is 0.122 e. The maximum absolute atomic E-state index is 5.53. The second-order valence-corrected chi connectivity index (χ2v) is 34.9. The minimum atomic E-state index is 0.649. The molecule has 0 unspecified atom stereocenters. The Balaban J connectivity index is 0.000000111. The minimum absolute atomic E-state index is 0.649. The molecule has 0 fully saturated rings. The molecule has 0 radical (unpaired) electrons. The van der Waals surface area contributed by atoms with Crippen LogP contribution in [0.25, 0.3) is 264 Å². The van der Waals surface area contributed by atoms with Crippen LogP contribution in [-0.2, 0) is 0 Å². The summed E-state index contributed by atoms with van der Waals surface area (Å²) >= 11 is 0. The van der Waals surface area contributed by atoms with Gasteiger partial charge in [-0.3, -0.25) is 4.98 Å². The van der Waals surface area contributed by atoms with Gasteiger partial charge in [0, 0.05) is 22.8 Å². The van der Waals surface area contributed by atoms with Crippen molar-refractivity contribution in [2.45, 2.75) is 0 Å². The van der Waals surface area contributed by atoms with Gasteiger partial charge in [0.2, 0.25) is 0 Å². The van der Waals surface area contributed by atoms with Gasteiger partial charge >= 0.3 is 0 Å². The van der Waals surface area contributed by atoms with Crippen molar-refractivity contribution in [3.05, 3.63) is 461 Å². The average Bonchev–Trinajstić information content (AvgIpc) is 1.41. The Kier molecular flexibility index (Phi) is 20.2. The van der Waals surface area contributed by atoms with E-state index in [9.17, 15) is 0 Å². The zero-order chi connectivity index (χ0) is 91.0. The zero-order valence-corrected chi connectivity index (χ0v) is 74.8. The second-order valence-electron chi connectivity index (χ2n) is 34.9. The van der Waals surface area contributed by atoms with Gasteiger partial charge in [0.15, 0.2) is 0 Å². The molecule has 4 heterocycles. The van der Waals surface area contributed by atoms with E-state index in [1.165, 1.54) is 174 Å². The molecule has 0 aliphatic rings. The fourth-order valence-electron chi connectivity index (χ4n) is 20.5. The third-order valence-corrected chi connectivity index (χ3v) is 27.0. The van der Waals surface area contributed by atoms with Crippen molar-refractivity contribution in [1.29, 1.82) is 0 Å². The van der Waals surface area contributed by atoms with Crippen molar-refractivity contribution >= 4 is 141 Å². The zero-order valence-electron chi connectivity index (χ0n) is 74.8. The molecule has 9 heteroatoms. The molecule has 4 aromatic heterocycles. The molecule has 0 bridgehead atoms. The molecular formula is C128H82N7O2-3. The highest BCUT2D eigenvalue weighted by Crippen LogP contribution is 2.51. The Morgan fingerprint density at radius 3 is 0.861 bits per heavy atom. The van der Waals surface area contributed by atoms with Gasteiger partial charge in [-0.25, -0.2) is 0 Å². The molecule has 0 atom stereocenters. The van der Waals surface area contributed by atoms with Crippen LogP contribution in [0, 0.1) is 0 Å². The van der Waals surface area contributed by atoms with E-state index < -0.39 is 0 Å². The molecule has 644 valence electrons. The van der Waals surface area contributed by atoms with E-state index in [0.717, 1.165) is 83.7 Å². The lowest BCUT2D eigenvalue weighted by molar-refractivity contribution is 0.419. The first kappa shape index (κ1) is 80.9. The molecule has 27 rings (SSSR count). The van der Waals surface area contributed by atoms with Crippen molar-refractivity contribution < 1.29 is 9.47 Å². The number of rotatable bonds is 13. The van der Waals surface area contributed by atoms with Crippen molar-refractivity contribution in [3.63, 3.8) is 0 Å². The van der Waals surface area contributed by atoms with Gasteiger partial charge in [0.25, 0.3) is 0 Å². The van der Waals surface area contributed by atoms with Crippen LogP contribution < -0.4 is 24.4 Å². The fourth-order valence-corrected chi connectivity index (χ4v) is 20.5. The monoisotopic (exact) mass is 1750 g/mol. The van der Waals surface area contributed by atoms with Crippen LogP contribution in [0.4, 0.5) is 0 Å². The number of imidazole rings is 3. The SMILES string of the molecule is COc1cccc2nc(-c3ccc(-c4c5ccccc5c(-c5ccccc5)c5ccccc45)cc3)[n-]c12.COc1cccc2nc(-c3ccc(-c4ccc5c(-c6ccc7ccccc7c6)c6ccccc6c(-c6ccc7ccccc7c6)c5c4)cc3)[n-]c12.c1ccc2cc(-c3c4ccccc4c(-c4ccc5ccccc5c4)c4cc(-c5ccc(-c6nc7ccccc7[n-]6)nc5)ccc34)ccc2c1. The number of ether oxygens (including phenoxy) is 2. The van der Waals surface area contributed by atoms with E-state index >= 15 is 0 Å². The second kappa shape index (κ2) is 34.2. The molecule has 0 saturated heterocycles. The number of hydrogen-bond acceptors (Lipinski definition) is 6. The lowest BCUT2D eigenvalue weighted by atomic mass is 9.84. The Morgan fingerprint density at radius 1 is 0.182 bits per heavy atom. The van der Waals surface area contributed by atoms with E-state index in [-0.39, 0.29) is 0 Å². The number of benzene rings is 23. The van der Waals surface area contributed by atoms with Crippen molar-refractivity contribution in [3.8, 4) is 135 Å². The van der Waals surface area contributed by atoms with Crippen LogP contribution in [0.2, 0.25) is 0 Å². The number of nitrogens with zero attached hydrogens (tertiary/aromatic N) is 7. The Bertz CT molecular complexity index is 9360. The fraction of sp³-hybridized carbons (Fsp3) is 0.0156. The summed E-state index contributed by atoms with van der Waals surface area (Å²) in [6.45, 7) is 0. The summed E-state index contributed by atoms with van der Waals surface area (Å²) in [4.78, 5) is 33.4. The minimum Gasteiger partial charge on any atom is -0.497 e. The van der Waals surface area contributed by atoms with Crippen molar-refractivity contribution in [1.82, 2.24) is 34.9 Å². The Labute approximate surface area is 790 Å². The van der Waals surface area contributed by atoms with Crippen LogP contribution in [0.1, 0.15) is 0 Å². The van der Waals surface area contributed by atoms with Crippen LogP contribution in [0.15, 0.2) is 461 Å². The third-order valence-electron chi connectivity index (χ3n) is 27.0.